The molecule has 2 aromatic rings. The van der Waals surface area contributed by atoms with Crippen molar-refractivity contribution in [1.82, 2.24) is 4.90 Å². The van der Waals surface area contributed by atoms with Gasteiger partial charge in [-0.3, -0.25) is 9.69 Å². The van der Waals surface area contributed by atoms with Crippen LogP contribution in [0.4, 0.5) is 5.69 Å². The molecule has 2 aliphatic rings. The van der Waals surface area contributed by atoms with Crippen molar-refractivity contribution in [2.75, 3.05) is 17.8 Å². The van der Waals surface area contributed by atoms with Crippen LogP contribution in [-0.4, -0.2) is 34.8 Å². The first-order valence-corrected chi connectivity index (χ1v) is 8.61. The molecule has 1 amide bonds. The summed E-state index contributed by atoms with van der Waals surface area (Å²) in [4.78, 5) is 16.4. The molecule has 0 bridgehead atoms. The van der Waals surface area contributed by atoms with Gasteiger partial charge in [0.05, 0.1) is 19.1 Å². The molecule has 0 unspecified atom stereocenters. The number of carbonyl (C=O) groups excluding carboxylic acids is 1. The second-order valence-corrected chi connectivity index (χ2v) is 6.76. The third kappa shape index (κ3) is 2.22. The number of ether oxygens (including phenoxy) is 1. The third-order valence-electron chi connectivity index (χ3n) is 4.04. The number of fused-ring (bicyclic) bond motifs is 1. The molecule has 7 heteroatoms. The van der Waals surface area contributed by atoms with Crippen LogP contribution in [0, 0.1) is 0 Å². The highest BCUT2D eigenvalue weighted by Crippen LogP contribution is 2.46. The minimum atomic E-state index is -0.232. The molecule has 1 aromatic heterocycles. The maximum absolute atomic E-state index is 12.8. The Morgan fingerprint density at radius 1 is 1.30 bits per heavy atom. The number of rotatable bonds is 3. The predicted molar refractivity (Wildman–Crippen MR) is 92.6 cm³/mol. The fourth-order valence-electron chi connectivity index (χ4n) is 2.91. The van der Waals surface area contributed by atoms with Gasteiger partial charge in [0.15, 0.2) is 5.11 Å². The fourth-order valence-corrected chi connectivity index (χ4v) is 4.78. The van der Waals surface area contributed by atoms with E-state index in [4.69, 9.17) is 21.4 Å². The minimum Gasteiger partial charge on any atom is -0.497 e. The highest BCUT2D eigenvalue weighted by Gasteiger charge is 2.51. The van der Waals surface area contributed by atoms with E-state index in [2.05, 4.69) is 0 Å². The molecule has 0 radical (unpaired) electrons. The molecular formula is C16H14N2O3S2. The summed E-state index contributed by atoms with van der Waals surface area (Å²) in [6, 6.07) is 10.9. The first-order valence-electron chi connectivity index (χ1n) is 7.16. The molecule has 3 heterocycles. The van der Waals surface area contributed by atoms with Gasteiger partial charge in [0.1, 0.15) is 22.9 Å². The Bertz CT molecular complexity index is 745. The number of nitrogens with zero attached hydrogens (tertiary/aromatic N) is 2. The van der Waals surface area contributed by atoms with Gasteiger partial charge in [-0.1, -0.05) is 0 Å². The van der Waals surface area contributed by atoms with Crippen LogP contribution < -0.4 is 9.64 Å². The number of hydrogen-bond acceptors (Lipinski definition) is 5. The first kappa shape index (κ1) is 14.6. The first-order chi connectivity index (χ1) is 11.2. The van der Waals surface area contributed by atoms with Crippen LogP contribution in [0.5, 0.6) is 5.75 Å². The van der Waals surface area contributed by atoms with Gasteiger partial charge in [-0.25, -0.2) is 0 Å². The number of methoxy groups -OCH3 is 1. The highest BCUT2D eigenvalue weighted by atomic mass is 32.2. The van der Waals surface area contributed by atoms with Gasteiger partial charge in [-0.05, 0) is 48.6 Å². The molecule has 5 nitrogen and oxygen atoms in total. The third-order valence-corrected chi connectivity index (χ3v) is 5.71. The number of thiocarbonyl (C=S) groups is 1. The summed E-state index contributed by atoms with van der Waals surface area (Å²) >= 11 is 7.27. The molecule has 2 atom stereocenters. The summed E-state index contributed by atoms with van der Waals surface area (Å²) in [5.74, 6) is 2.29. The summed E-state index contributed by atoms with van der Waals surface area (Å²) in [6.07, 6.45) is 1.64. The topological polar surface area (TPSA) is 45.9 Å². The molecular weight excluding hydrogens is 332 g/mol. The SMILES string of the molecule is COc1ccc(N2C(=O)[C@H]3CS[C@@H](c4ccco4)N3C2=S)cc1. The molecule has 0 spiro atoms. The average molecular weight is 346 g/mol. The summed E-state index contributed by atoms with van der Waals surface area (Å²) in [5.41, 5.74) is 0.762. The van der Waals surface area contributed by atoms with Gasteiger partial charge in [-0.15, -0.1) is 11.8 Å². The van der Waals surface area contributed by atoms with Gasteiger partial charge in [-0.2, -0.15) is 0 Å². The zero-order valence-corrected chi connectivity index (χ0v) is 14.0. The van der Waals surface area contributed by atoms with E-state index in [1.807, 2.05) is 41.3 Å². The highest BCUT2D eigenvalue weighted by molar-refractivity contribution is 7.99. The Morgan fingerprint density at radius 2 is 2.09 bits per heavy atom. The lowest BCUT2D eigenvalue weighted by Gasteiger charge is -2.24. The lowest BCUT2D eigenvalue weighted by Crippen LogP contribution is -2.33. The summed E-state index contributed by atoms with van der Waals surface area (Å²) in [6.45, 7) is 0. The van der Waals surface area contributed by atoms with E-state index in [1.165, 1.54) is 0 Å². The minimum absolute atomic E-state index is 0.0155. The monoisotopic (exact) mass is 346 g/mol. The predicted octanol–water partition coefficient (Wildman–Crippen LogP) is 3.04. The smallest absolute Gasteiger partial charge is 0.257 e. The van der Waals surface area contributed by atoms with Gasteiger partial charge >= 0.3 is 0 Å². The molecule has 118 valence electrons. The van der Waals surface area contributed by atoms with Gasteiger partial charge in [0.25, 0.3) is 5.91 Å². The Hall–Kier alpha value is -1.99. The number of benzene rings is 1. The number of amides is 1. The van der Waals surface area contributed by atoms with E-state index in [1.54, 1.807) is 30.0 Å². The Labute approximate surface area is 143 Å². The van der Waals surface area contributed by atoms with Crippen LogP contribution in [0.1, 0.15) is 11.1 Å². The van der Waals surface area contributed by atoms with E-state index in [0.29, 0.717) is 10.9 Å². The van der Waals surface area contributed by atoms with Crippen molar-refractivity contribution in [2.24, 2.45) is 0 Å². The maximum Gasteiger partial charge on any atom is 0.257 e. The van der Waals surface area contributed by atoms with Gasteiger partial charge < -0.3 is 14.1 Å². The molecule has 2 aliphatic heterocycles. The Kier molecular flexibility index (Phi) is 3.54. The molecule has 23 heavy (non-hydrogen) atoms. The van der Waals surface area contributed by atoms with Crippen molar-refractivity contribution >= 4 is 40.7 Å². The van der Waals surface area contributed by atoms with Crippen LogP contribution in [0.25, 0.3) is 0 Å². The largest absolute Gasteiger partial charge is 0.497 e. The van der Waals surface area contributed by atoms with Crippen LogP contribution in [0.2, 0.25) is 0 Å². The molecule has 0 aliphatic carbocycles. The van der Waals surface area contributed by atoms with Crippen LogP contribution in [0.15, 0.2) is 47.1 Å². The van der Waals surface area contributed by atoms with Crippen LogP contribution in [-0.2, 0) is 4.79 Å². The molecule has 4 rings (SSSR count). The molecule has 2 fully saturated rings. The summed E-state index contributed by atoms with van der Waals surface area (Å²) < 4.78 is 10.7. The lowest BCUT2D eigenvalue weighted by molar-refractivity contribution is -0.119. The average Bonchev–Trinajstić information content (AvgIpc) is 3.28. The number of thioether (sulfide) groups is 1. The maximum atomic E-state index is 12.8. The second-order valence-electron chi connectivity index (χ2n) is 5.28. The number of carbonyl (C=O) groups is 1. The number of hydrogen-bond donors (Lipinski definition) is 0. The normalized spacial score (nSPS) is 23.5. The van der Waals surface area contributed by atoms with Crippen molar-refractivity contribution in [3.63, 3.8) is 0 Å². The zero-order chi connectivity index (χ0) is 16.0. The molecule has 2 saturated heterocycles. The van der Waals surface area contributed by atoms with Crippen molar-refractivity contribution < 1.29 is 13.9 Å². The van der Waals surface area contributed by atoms with E-state index in [9.17, 15) is 4.79 Å². The molecule has 0 N–H and O–H groups in total. The second kappa shape index (κ2) is 5.58. The van der Waals surface area contributed by atoms with Crippen LogP contribution >= 0.6 is 24.0 Å². The Morgan fingerprint density at radius 3 is 2.74 bits per heavy atom. The fraction of sp³-hybridized carbons (Fsp3) is 0.250. The van der Waals surface area contributed by atoms with Crippen molar-refractivity contribution in [3.05, 3.63) is 48.4 Å². The standard InChI is InChI=1S/C16H14N2O3S2/c1-20-11-6-4-10(5-7-11)17-14(19)12-9-23-15(18(12)16(17)22)13-3-2-8-21-13/h2-8,12,15H,9H2,1H3/t12-,15+/m1/s1. The lowest BCUT2D eigenvalue weighted by atomic mass is 10.2. The van der Waals surface area contributed by atoms with E-state index < -0.39 is 0 Å². The summed E-state index contributed by atoms with van der Waals surface area (Å²) in [7, 11) is 1.61. The molecule has 0 saturated carbocycles. The quantitative estimate of drug-likeness (QED) is 0.796. The van der Waals surface area contributed by atoms with Crippen molar-refractivity contribution in [3.8, 4) is 5.75 Å². The zero-order valence-electron chi connectivity index (χ0n) is 12.3. The van der Waals surface area contributed by atoms with Crippen molar-refractivity contribution in [2.45, 2.75) is 11.4 Å². The number of anilines is 1. The van der Waals surface area contributed by atoms with Crippen molar-refractivity contribution in [1.29, 1.82) is 0 Å². The number of furan rings is 1. The van der Waals surface area contributed by atoms with E-state index in [0.717, 1.165) is 17.2 Å². The van der Waals surface area contributed by atoms with Crippen LogP contribution in [0.3, 0.4) is 0 Å². The van der Waals surface area contributed by atoms with Gasteiger partial charge in [0.2, 0.25) is 0 Å². The molecule has 1 aromatic carbocycles. The van der Waals surface area contributed by atoms with E-state index in [-0.39, 0.29) is 17.3 Å². The van der Waals surface area contributed by atoms with E-state index >= 15 is 0 Å². The summed E-state index contributed by atoms with van der Waals surface area (Å²) in [5, 5.41) is 0.478. The Balaban J connectivity index is 1.66. The van der Waals surface area contributed by atoms with Gasteiger partial charge in [0, 0.05) is 5.75 Å².